The van der Waals surface area contributed by atoms with E-state index in [2.05, 4.69) is 18.3 Å². The molecular formula is C13H21NO. The first kappa shape index (κ1) is 12.2. The van der Waals surface area contributed by atoms with Crippen LogP contribution < -0.4 is 5.32 Å². The number of ketones is 1. The van der Waals surface area contributed by atoms with Crippen LogP contribution in [0, 0.1) is 5.92 Å². The lowest BCUT2D eigenvalue weighted by Crippen LogP contribution is -2.43. The lowest BCUT2D eigenvalue weighted by molar-refractivity contribution is -0.124. The summed E-state index contributed by atoms with van der Waals surface area (Å²) in [6, 6.07) is 0.0138. The molecule has 0 aliphatic carbocycles. The molecule has 1 atom stereocenters. The largest absolute Gasteiger partial charge is 0.303 e. The molecule has 0 aromatic rings. The molecule has 0 aromatic heterocycles. The normalized spacial score (nSPS) is 22.9. The molecule has 0 saturated heterocycles. The Morgan fingerprint density at radius 1 is 1.53 bits per heavy atom. The van der Waals surface area contributed by atoms with Gasteiger partial charge in [-0.3, -0.25) is 4.79 Å². The summed E-state index contributed by atoms with van der Waals surface area (Å²) in [5.74, 6) is 0.442. The monoisotopic (exact) mass is 207 g/mol. The van der Waals surface area contributed by atoms with Gasteiger partial charge in [-0.05, 0) is 25.8 Å². The predicted molar refractivity (Wildman–Crippen MR) is 63.8 cm³/mol. The third kappa shape index (κ3) is 3.03. The van der Waals surface area contributed by atoms with Gasteiger partial charge in [-0.25, -0.2) is 0 Å². The molecule has 1 aliphatic rings. The molecule has 1 rings (SSSR count). The maximum absolute atomic E-state index is 11.8. The van der Waals surface area contributed by atoms with Crippen LogP contribution in [0.5, 0.6) is 0 Å². The summed E-state index contributed by atoms with van der Waals surface area (Å²) in [6.45, 7) is 8.90. The Hall–Kier alpha value is -0.890. The van der Waals surface area contributed by atoms with Crippen LogP contribution in [0.2, 0.25) is 0 Å². The predicted octanol–water partition coefficient (Wildman–Crippen LogP) is 2.47. The van der Waals surface area contributed by atoms with Gasteiger partial charge >= 0.3 is 0 Å². The van der Waals surface area contributed by atoms with Gasteiger partial charge < -0.3 is 5.32 Å². The van der Waals surface area contributed by atoms with Gasteiger partial charge in [0.2, 0.25) is 0 Å². The summed E-state index contributed by atoms with van der Waals surface area (Å²) in [4.78, 5) is 11.8. The maximum atomic E-state index is 11.8. The van der Waals surface area contributed by atoms with Crippen LogP contribution >= 0.6 is 0 Å². The van der Waals surface area contributed by atoms with Crippen LogP contribution in [0.3, 0.4) is 0 Å². The van der Waals surface area contributed by atoms with Gasteiger partial charge in [0.05, 0.1) is 6.04 Å². The fraction of sp³-hybridized carbons (Fsp3) is 0.615. The van der Waals surface area contributed by atoms with Crippen LogP contribution in [0.1, 0.15) is 34.1 Å². The third-order valence-corrected chi connectivity index (χ3v) is 2.87. The van der Waals surface area contributed by atoms with Crippen LogP contribution in [0.15, 0.2) is 23.3 Å². The van der Waals surface area contributed by atoms with Gasteiger partial charge in [0.25, 0.3) is 0 Å². The molecule has 84 valence electrons. The van der Waals surface area contributed by atoms with E-state index in [1.54, 1.807) is 0 Å². The van der Waals surface area contributed by atoms with Gasteiger partial charge in [-0.1, -0.05) is 31.6 Å². The third-order valence-electron chi connectivity index (χ3n) is 2.87. The molecule has 0 amide bonds. The van der Waals surface area contributed by atoms with Gasteiger partial charge in [-0.15, -0.1) is 0 Å². The maximum Gasteiger partial charge on any atom is 0.152 e. The highest BCUT2D eigenvalue weighted by molar-refractivity contribution is 5.86. The minimum Gasteiger partial charge on any atom is -0.303 e. The van der Waals surface area contributed by atoms with E-state index >= 15 is 0 Å². The zero-order chi connectivity index (χ0) is 11.4. The van der Waals surface area contributed by atoms with Crippen molar-refractivity contribution in [3.63, 3.8) is 0 Å². The summed E-state index contributed by atoms with van der Waals surface area (Å²) in [5, 5.41) is 3.30. The first-order valence-electron chi connectivity index (χ1n) is 5.64. The highest BCUT2D eigenvalue weighted by Gasteiger charge is 2.24. The zero-order valence-corrected chi connectivity index (χ0v) is 10.1. The van der Waals surface area contributed by atoms with Gasteiger partial charge in [0.1, 0.15) is 0 Å². The van der Waals surface area contributed by atoms with E-state index in [1.165, 1.54) is 11.1 Å². The highest BCUT2D eigenvalue weighted by atomic mass is 16.1. The van der Waals surface area contributed by atoms with Crippen molar-refractivity contribution in [1.29, 1.82) is 0 Å². The molecular weight excluding hydrogens is 186 g/mol. The van der Waals surface area contributed by atoms with E-state index in [9.17, 15) is 4.79 Å². The summed E-state index contributed by atoms with van der Waals surface area (Å²) < 4.78 is 0. The van der Waals surface area contributed by atoms with Gasteiger partial charge in [-0.2, -0.15) is 0 Å². The van der Waals surface area contributed by atoms with Crippen molar-refractivity contribution < 1.29 is 4.79 Å². The minimum absolute atomic E-state index is 0.0138. The first-order chi connectivity index (χ1) is 7.06. The molecule has 0 fully saturated rings. The second kappa shape index (κ2) is 5.26. The first-order valence-corrected chi connectivity index (χ1v) is 5.64. The second-order valence-electron chi connectivity index (χ2n) is 4.50. The number of carbonyl (C=O) groups excluding carboxylic acids is 1. The molecule has 2 nitrogen and oxygen atoms in total. The van der Waals surface area contributed by atoms with E-state index in [0.29, 0.717) is 5.78 Å². The molecule has 1 heterocycles. The Kier molecular flexibility index (Phi) is 4.28. The average molecular weight is 207 g/mol. The molecule has 0 bridgehead atoms. The van der Waals surface area contributed by atoms with Crippen molar-refractivity contribution in [2.75, 3.05) is 6.54 Å². The van der Waals surface area contributed by atoms with Crippen molar-refractivity contribution >= 4 is 5.78 Å². The summed E-state index contributed by atoms with van der Waals surface area (Å²) in [7, 11) is 0. The number of rotatable bonds is 3. The Balaban J connectivity index is 2.74. The Morgan fingerprint density at radius 3 is 2.73 bits per heavy atom. The number of Topliss-reactive ketones (excluding diaryl/α,β-unsaturated/α-hetero) is 1. The van der Waals surface area contributed by atoms with E-state index in [1.807, 2.05) is 26.8 Å². The molecule has 1 N–H and O–H groups in total. The van der Waals surface area contributed by atoms with Crippen molar-refractivity contribution in [2.45, 2.75) is 40.2 Å². The van der Waals surface area contributed by atoms with Crippen molar-refractivity contribution in [3.05, 3.63) is 23.3 Å². The van der Waals surface area contributed by atoms with Crippen LogP contribution in [-0.4, -0.2) is 18.4 Å². The topological polar surface area (TPSA) is 29.1 Å². The fourth-order valence-electron chi connectivity index (χ4n) is 1.87. The number of nitrogens with one attached hydrogen (secondary N) is 1. The molecule has 2 heteroatoms. The Labute approximate surface area is 92.4 Å². The number of hydrogen-bond acceptors (Lipinski definition) is 2. The van der Waals surface area contributed by atoms with E-state index in [0.717, 1.165) is 13.0 Å². The smallest absolute Gasteiger partial charge is 0.152 e. The lowest BCUT2D eigenvalue weighted by atomic mass is 9.90. The lowest BCUT2D eigenvalue weighted by Gasteiger charge is -2.26. The molecule has 0 aromatic carbocycles. The second-order valence-corrected chi connectivity index (χ2v) is 4.50. The van der Waals surface area contributed by atoms with Crippen molar-refractivity contribution in [3.8, 4) is 0 Å². The van der Waals surface area contributed by atoms with E-state index < -0.39 is 0 Å². The summed E-state index contributed by atoms with van der Waals surface area (Å²) >= 11 is 0. The Morgan fingerprint density at radius 2 is 2.20 bits per heavy atom. The van der Waals surface area contributed by atoms with Crippen LogP contribution in [-0.2, 0) is 4.79 Å². The summed E-state index contributed by atoms with van der Waals surface area (Å²) in [6.07, 6.45) is 5.00. The Bertz CT molecular complexity index is 300. The number of carbonyl (C=O) groups is 1. The molecule has 0 radical (unpaired) electrons. The standard InChI is InChI=1S/C13H21NO/c1-5-6-11-7-12(13(15)9(2)3)14-8-10(11)4/h5-6,9,12,14H,7-8H2,1-4H3/b6-5-. The quantitative estimate of drug-likeness (QED) is 0.770. The van der Waals surface area contributed by atoms with Crippen LogP contribution in [0.4, 0.5) is 0 Å². The zero-order valence-electron chi connectivity index (χ0n) is 10.1. The van der Waals surface area contributed by atoms with Crippen molar-refractivity contribution in [1.82, 2.24) is 5.32 Å². The number of allylic oxidation sites excluding steroid dienone is 2. The van der Waals surface area contributed by atoms with Gasteiger partial charge in [0.15, 0.2) is 5.78 Å². The highest BCUT2D eigenvalue weighted by Crippen LogP contribution is 2.19. The van der Waals surface area contributed by atoms with Crippen molar-refractivity contribution in [2.24, 2.45) is 5.92 Å². The molecule has 0 saturated carbocycles. The molecule has 0 spiro atoms. The molecule has 1 aliphatic heterocycles. The summed E-state index contributed by atoms with van der Waals surface area (Å²) in [5.41, 5.74) is 2.66. The molecule has 1 unspecified atom stereocenters. The fourth-order valence-corrected chi connectivity index (χ4v) is 1.87. The van der Waals surface area contributed by atoms with Crippen LogP contribution in [0.25, 0.3) is 0 Å². The molecule has 15 heavy (non-hydrogen) atoms. The van der Waals surface area contributed by atoms with E-state index in [-0.39, 0.29) is 12.0 Å². The average Bonchev–Trinajstić information content (AvgIpc) is 2.20. The van der Waals surface area contributed by atoms with E-state index in [4.69, 9.17) is 0 Å². The number of hydrogen-bond donors (Lipinski definition) is 1. The SMILES string of the molecule is C/C=C\C1=C(C)CNC(C(=O)C(C)C)C1. The van der Waals surface area contributed by atoms with Gasteiger partial charge in [0, 0.05) is 12.5 Å². The minimum atomic E-state index is 0.0138.